The van der Waals surface area contributed by atoms with E-state index in [0.717, 1.165) is 40.1 Å². The van der Waals surface area contributed by atoms with Crippen molar-refractivity contribution in [3.63, 3.8) is 0 Å². The second-order valence-electron chi connectivity index (χ2n) is 10.7. The van der Waals surface area contributed by atoms with Crippen molar-refractivity contribution in [2.75, 3.05) is 30.7 Å². The molecule has 0 fully saturated rings. The monoisotopic (exact) mass is 563 g/mol. The molecule has 0 aliphatic carbocycles. The molecule has 212 valence electrons. The minimum absolute atomic E-state index is 0.151. The molecule has 40 heavy (non-hydrogen) atoms. The number of hydrogen-bond acceptors (Lipinski definition) is 6. The van der Waals surface area contributed by atoms with E-state index in [0.29, 0.717) is 42.7 Å². The Hall–Kier alpha value is -3.69. The van der Waals surface area contributed by atoms with Crippen LogP contribution in [0, 0.1) is 0 Å². The average Bonchev–Trinajstić information content (AvgIpc) is 2.92. The van der Waals surface area contributed by atoms with Gasteiger partial charge in [-0.3, -0.25) is 13.9 Å². The summed E-state index contributed by atoms with van der Waals surface area (Å²) >= 11 is 0. The lowest BCUT2D eigenvalue weighted by atomic mass is 9.92. The highest BCUT2D eigenvalue weighted by molar-refractivity contribution is 7.92. The van der Waals surface area contributed by atoms with Gasteiger partial charge in [0.2, 0.25) is 10.0 Å². The van der Waals surface area contributed by atoms with E-state index >= 15 is 0 Å². The lowest BCUT2D eigenvalue weighted by molar-refractivity contribution is -0.150. The first-order valence-electron chi connectivity index (χ1n) is 13.4. The molecule has 0 aromatic heterocycles. The van der Waals surface area contributed by atoms with Gasteiger partial charge < -0.3 is 15.4 Å². The molecule has 1 unspecified atom stereocenters. The van der Waals surface area contributed by atoms with E-state index in [1.54, 1.807) is 25.1 Å². The minimum Gasteiger partial charge on any atom is -0.459 e. The van der Waals surface area contributed by atoms with Crippen LogP contribution in [0.4, 0.5) is 5.69 Å². The van der Waals surface area contributed by atoms with Crippen molar-refractivity contribution >= 4 is 27.6 Å². The van der Waals surface area contributed by atoms with E-state index in [1.165, 1.54) is 7.05 Å². The number of carbonyl (C=O) groups excluding carboxylic acids is 2. The molecular weight excluding hydrogens is 526 g/mol. The number of nitrogens with two attached hydrogens (primary N) is 1. The predicted molar refractivity (Wildman–Crippen MR) is 157 cm³/mol. The van der Waals surface area contributed by atoms with Crippen LogP contribution in [0.15, 0.2) is 72.8 Å². The van der Waals surface area contributed by atoms with Gasteiger partial charge in [-0.15, -0.1) is 0 Å². The first-order valence-corrected chi connectivity index (χ1v) is 15.2. The number of anilines is 1. The van der Waals surface area contributed by atoms with Crippen molar-refractivity contribution < 1.29 is 22.7 Å². The van der Waals surface area contributed by atoms with Crippen LogP contribution in [0.5, 0.6) is 0 Å². The molecular formula is C31H37N3O5S. The molecule has 1 heterocycles. The molecule has 9 heteroatoms. The lowest BCUT2D eigenvalue weighted by Crippen LogP contribution is -2.48. The Balaban J connectivity index is 1.72. The van der Waals surface area contributed by atoms with Gasteiger partial charge >= 0.3 is 5.97 Å². The summed E-state index contributed by atoms with van der Waals surface area (Å²) in [6.45, 7) is 2.52. The maximum atomic E-state index is 13.9. The fraction of sp³-hybridized carbons (Fsp3) is 0.355. The van der Waals surface area contributed by atoms with Gasteiger partial charge in [0.15, 0.2) is 0 Å². The third kappa shape index (κ3) is 7.49. The van der Waals surface area contributed by atoms with Crippen LogP contribution in [0.3, 0.4) is 0 Å². The van der Waals surface area contributed by atoms with Crippen molar-refractivity contribution in [1.29, 1.82) is 0 Å². The number of rotatable bonds is 5. The summed E-state index contributed by atoms with van der Waals surface area (Å²) < 4.78 is 31.4. The Kier molecular flexibility index (Phi) is 8.95. The number of cyclic esters (lactones) is 1. The van der Waals surface area contributed by atoms with Crippen LogP contribution in [-0.4, -0.2) is 57.1 Å². The number of carbonyl (C=O) groups is 2. The summed E-state index contributed by atoms with van der Waals surface area (Å²) in [6, 6.07) is 22.8. The SMILES string of the molecule is CN(c1cc2cc(c1)C(=O)N(CCc1ccccc1)CCCc1cccc(c1)CC(C)(N)C(=O)OC2)S(C)(=O)=O. The standard InChI is InChI=1S/C31H37N3O5S/c1-31(32)21-25-12-7-11-24(17-25)13-8-15-34(16-14-23-9-5-4-6-10-23)29(35)27-18-26(22-39-30(31)36)19-28(20-27)33(2)40(3,37)38/h4-7,9-12,17-20H,8,13-16,21-22,32H2,1-3H3. The topological polar surface area (TPSA) is 110 Å². The van der Waals surface area contributed by atoms with Crippen LogP contribution in [0.2, 0.25) is 0 Å². The van der Waals surface area contributed by atoms with Crippen molar-refractivity contribution in [3.8, 4) is 0 Å². The Labute approximate surface area is 236 Å². The van der Waals surface area contributed by atoms with E-state index in [2.05, 4.69) is 6.07 Å². The summed E-state index contributed by atoms with van der Waals surface area (Å²) in [7, 11) is -2.17. The number of esters is 1. The zero-order valence-electron chi connectivity index (χ0n) is 23.3. The summed E-state index contributed by atoms with van der Waals surface area (Å²) in [5, 5.41) is 0. The predicted octanol–water partition coefficient (Wildman–Crippen LogP) is 3.72. The van der Waals surface area contributed by atoms with E-state index in [1.807, 2.05) is 53.4 Å². The number of benzene rings is 3. The Bertz CT molecular complexity index is 1470. The smallest absolute Gasteiger partial charge is 0.326 e. The van der Waals surface area contributed by atoms with Gasteiger partial charge in [0, 0.05) is 32.1 Å². The molecule has 0 radical (unpaired) electrons. The third-order valence-corrected chi connectivity index (χ3v) is 8.38. The number of fused-ring (bicyclic) bond motifs is 4. The highest BCUT2D eigenvalue weighted by Gasteiger charge is 2.31. The maximum Gasteiger partial charge on any atom is 0.326 e. The number of amides is 1. The Morgan fingerprint density at radius 1 is 0.975 bits per heavy atom. The number of sulfonamides is 1. The van der Waals surface area contributed by atoms with Gasteiger partial charge in [-0.1, -0.05) is 54.6 Å². The normalized spacial score (nSPS) is 18.8. The van der Waals surface area contributed by atoms with Crippen LogP contribution in [-0.2, 0) is 45.4 Å². The van der Waals surface area contributed by atoms with Crippen molar-refractivity contribution in [2.24, 2.45) is 5.73 Å². The molecule has 4 bridgehead atoms. The number of hydrogen-bond donors (Lipinski definition) is 1. The maximum absolute atomic E-state index is 13.9. The third-order valence-electron chi connectivity index (χ3n) is 7.18. The van der Waals surface area contributed by atoms with Gasteiger partial charge in [-0.05, 0) is 66.6 Å². The molecule has 2 N–H and O–H groups in total. The Morgan fingerprint density at radius 2 is 1.70 bits per heavy atom. The molecule has 0 saturated heterocycles. The molecule has 3 aromatic rings. The van der Waals surface area contributed by atoms with Crippen molar-refractivity contribution in [2.45, 2.75) is 44.8 Å². The average molecular weight is 564 g/mol. The van der Waals surface area contributed by atoms with Crippen LogP contribution in [0.1, 0.15) is 46.0 Å². The summed E-state index contributed by atoms with van der Waals surface area (Å²) in [6.07, 6.45) is 3.58. The quantitative estimate of drug-likeness (QED) is 0.474. The molecule has 0 saturated carbocycles. The second kappa shape index (κ2) is 12.2. The molecule has 1 aliphatic rings. The summed E-state index contributed by atoms with van der Waals surface area (Å²) in [4.78, 5) is 28.7. The van der Waals surface area contributed by atoms with Crippen LogP contribution in [0.25, 0.3) is 0 Å². The van der Waals surface area contributed by atoms with Crippen LogP contribution >= 0.6 is 0 Å². The molecule has 3 aromatic carbocycles. The van der Waals surface area contributed by atoms with Crippen molar-refractivity contribution in [3.05, 3.63) is 101 Å². The van der Waals surface area contributed by atoms with E-state index in [-0.39, 0.29) is 12.5 Å². The van der Waals surface area contributed by atoms with Gasteiger partial charge in [0.05, 0.1) is 11.9 Å². The first-order chi connectivity index (χ1) is 18.9. The molecule has 4 rings (SSSR count). The van der Waals surface area contributed by atoms with Gasteiger partial charge in [0.25, 0.3) is 5.91 Å². The first kappa shape index (κ1) is 29.3. The van der Waals surface area contributed by atoms with Crippen LogP contribution < -0.4 is 10.0 Å². The molecule has 1 atom stereocenters. The zero-order valence-corrected chi connectivity index (χ0v) is 24.1. The zero-order chi connectivity index (χ0) is 28.9. The number of ether oxygens (including phenoxy) is 1. The van der Waals surface area contributed by atoms with Gasteiger partial charge in [-0.25, -0.2) is 8.42 Å². The molecule has 1 amide bonds. The largest absolute Gasteiger partial charge is 0.459 e. The van der Waals surface area contributed by atoms with Gasteiger partial charge in [-0.2, -0.15) is 0 Å². The highest BCUT2D eigenvalue weighted by atomic mass is 32.2. The minimum atomic E-state index is -3.60. The fourth-order valence-electron chi connectivity index (χ4n) is 4.84. The highest BCUT2D eigenvalue weighted by Crippen LogP contribution is 2.24. The summed E-state index contributed by atoms with van der Waals surface area (Å²) in [5.74, 6) is -0.791. The molecule has 1 aliphatic heterocycles. The van der Waals surface area contributed by atoms with Crippen molar-refractivity contribution in [1.82, 2.24) is 4.90 Å². The van der Waals surface area contributed by atoms with E-state index in [9.17, 15) is 18.0 Å². The number of aryl methyl sites for hydroxylation is 1. The fourth-order valence-corrected chi connectivity index (χ4v) is 5.33. The lowest BCUT2D eigenvalue weighted by Gasteiger charge is -2.26. The van der Waals surface area contributed by atoms with Gasteiger partial charge in [0.1, 0.15) is 12.1 Å². The Morgan fingerprint density at radius 3 is 2.42 bits per heavy atom. The van der Waals surface area contributed by atoms with E-state index in [4.69, 9.17) is 10.5 Å². The summed E-state index contributed by atoms with van der Waals surface area (Å²) in [5.41, 5.74) is 9.42. The number of nitrogens with zero attached hydrogens (tertiary/aromatic N) is 2. The molecule has 8 nitrogen and oxygen atoms in total. The second-order valence-corrected chi connectivity index (χ2v) is 12.8. The van der Waals surface area contributed by atoms with E-state index < -0.39 is 21.5 Å². The molecule has 0 spiro atoms.